The van der Waals surface area contributed by atoms with Gasteiger partial charge in [0.25, 0.3) is 0 Å². The number of rotatable bonds is 0. The molecule has 0 saturated carbocycles. The Labute approximate surface area is 899 Å². The molecule has 6 aromatic rings. The zero-order chi connectivity index (χ0) is 58.0. The summed E-state index contributed by atoms with van der Waals surface area (Å²) >= 11 is 0. The largest absolute Gasteiger partial charge is 0.527 e. The van der Waals surface area contributed by atoms with Gasteiger partial charge in [0, 0.05) is 479 Å². The Hall–Kier alpha value is 10.2. The fraction of sp³-hybridized carbons (Fsp3) is 0.441. The van der Waals surface area contributed by atoms with Gasteiger partial charge < -0.3 is 4.74 Å². The Balaban J connectivity index is -0.0000000610. The molecule has 89 heavy (non-hydrogen) atoms. The molecule has 9 rings (SSSR count). The number of para-hydroxylation sites is 2. The first-order valence-electron chi connectivity index (χ1n) is 26.3. The molecule has 5 nitrogen and oxygen atoms in total. The Kier molecular flexibility index (Phi) is 93.5. The minimum absolute atomic E-state index is 0. The smallest absolute Gasteiger partial charge is 0.207 e. The van der Waals surface area contributed by atoms with Crippen LogP contribution in [-0.2, 0) is 478 Å². The molecule has 3 heterocycles. The molecular weight excluding hydrogens is 2210 g/mol. The van der Waals surface area contributed by atoms with Gasteiger partial charge in [-0.05, 0) is 44.6 Å². The second-order valence-electron chi connectivity index (χ2n) is 28.5. The van der Waals surface area contributed by atoms with E-state index in [-0.39, 0.29) is 458 Å². The summed E-state index contributed by atoms with van der Waals surface area (Å²) in [6, 6.07) is 44.5. The zero-order valence-corrected chi connectivity index (χ0v) is 100. The molecule has 3 aliphatic rings. The maximum Gasteiger partial charge on any atom is 0.207 e. The van der Waals surface area contributed by atoms with Crippen LogP contribution < -0.4 is 4.74 Å². The van der Waals surface area contributed by atoms with Crippen molar-refractivity contribution in [3.63, 3.8) is 0 Å². The van der Waals surface area contributed by atoms with E-state index in [9.17, 15) is 16.8 Å². The van der Waals surface area contributed by atoms with E-state index >= 15 is 0 Å². The third kappa shape index (κ3) is 67.3. The predicted molar refractivity (Wildman–Crippen MR) is 324 cm³/mol. The van der Waals surface area contributed by atoms with Gasteiger partial charge in [0.05, 0.1) is 21.3 Å². The first-order valence-corrected chi connectivity index (χ1v) is 29.2. The van der Waals surface area contributed by atoms with Crippen molar-refractivity contribution in [2.75, 3.05) is 0 Å². The second-order valence-corrected chi connectivity index (χ2v) is 32.3. The van der Waals surface area contributed by atoms with E-state index in [2.05, 4.69) is 185 Å². The number of ether oxygens (including phenoxy) is 1. The van der Waals surface area contributed by atoms with Crippen molar-refractivity contribution >= 4 is 19.7 Å². The van der Waals surface area contributed by atoms with Gasteiger partial charge in [0.15, 0.2) is 9.84 Å². The molecule has 21 heteroatoms. The molecule has 0 saturated heterocycles. The van der Waals surface area contributed by atoms with Crippen molar-refractivity contribution in [2.45, 2.75) is 186 Å². The van der Waals surface area contributed by atoms with E-state index in [0.29, 0.717) is 52.1 Å². The number of hydrogen-bond acceptors (Lipinski definition) is 5. The van der Waals surface area contributed by atoms with Gasteiger partial charge in [-0.2, -0.15) is 0 Å². The van der Waals surface area contributed by atoms with Crippen LogP contribution in [-0.4, -0.2) is 16.8 Å². The van der Waals surface area contributed by atoms with Crippen molar-refractivity contribution in [3.05, 3.63) is 181 Å². The van der Waals surface area contributed by atoms with Crippen LogP contribution in [0.25, 0.3) is 11.1 Å². The summed E-state index contributed by atoms with van der Waals surface area (Å²) in [6.07, 6.45) is 4.06. The number of fused-ring (bicyclic) bond motifs is 7. The molecule has 0 fully saturated rings. The van der Waals surface area contributed by atoms with E-state index in [1.54, 1.807) is 48.5 Å². The van der Waals surface area contributed by atoms with Crippen LogP contribution in [0.5, 0.6) is 11.5 Å². The molecule has 3 aliphatic heterocycles. The summed E-state index contributed by atoms with van der Waals surface area (Å²) in [5.41, 5.74) is 8.45. The van der Waals surface area contributed by atoms with Crippen LogP contribution in [0.4, 0.5) is 0 Å². The van der Waals surface area contributed by atoms with E-state index in [4.69, 9.17) is 4.74 Å². The van der Waals surface area contributed by atoms with E-state index in [0.717, 1.165) is 44.9 Å². The Morgan fingerprint density at radius 2 is 0.393 bits per heavy atom. The van der Waals surface area contributed by atoms with Gasteiger partial charge in [-0.25, -0.2) is 16.8 Å². The molecule has 0 atom stereocenters. The molecule has 14 radical (unpaired) electrons. The summed E-state index contributed by atoms with van der Waals surface area (Å²) in [5, 5.41) is 0. The Morgan fingerprint density at radius 1 is 0.236 bits per heavy atom. The van der Waals surface area contributed by atoms with Crippen LogP contribution >= 0.6 is 0 Å². The van der Waals surface area contributed by atoms with Gasteiger partial charge in [0.1, 0.15) is 0 Å². The quantitative estimate of drug-likeness (QED) is 0.141. The van der Waals surface area contributed by atoms with Crippen LogP contribution in [0.3, 0.4) is 0 Å². The third-order valence-electron chi connectivity index (χ3n) is 7.74. The average molecular weight is 2300 g/mol. The molecule has 0 bridgehead atoms. The minimum atomic E-state index is -3.33. The Morgan fingerprint density at radius 3 is 0.629 bits per heavy atom. The monoisotopic (exact) mass is 2300 g/mol. The normalized spacial score (nSPS) is 11.4. The van der Waals surface area contributed by atoms with Gasteiger partial charge >= 0.3 is 0 Å². The fourth-order valence-electron chi connectivity index (χ4n) is 5.61. The molecule has 0 amide bonds. The molecule has 6 aromatic carbocycles. The average Bonchev–Trinajstić information content (AvgIpc) is 3.46. The molecule has 0 aliphatic carbocycles. The van der Waals surface area contributed by atoms with Gasteiger partial charge in [-0.3, -0.25) is 0 Å². The van der Waals surface area contributed by atoms with Crippen LogP contribution in [0, 0.1) is 45.3 Å². The Bertz CT molecular complexity index is 2620. The van der Waals surface area contributed by atoms with Crippen molar-refractivity contribution in [2.24, 2.45) is 32.5 Å². The van der Waals surface area contributed by atoms with Crippen LogP contribution in [0.1, 0.15) is 188 Å². The summed E-state index contributed by atoms with van der Waals surface area (Å²) < 4.78 is 54.4. The zero-order valence-electron chi connectivity index (χ0n) is 59.0. The third-order valence-corrected chi connectivity index (χ3v) is 11.5. The molecule has 456 valence electrons. The van der Waals surface area contributed by atoms with Crippen molar-refractivity contribution in [1.29, 1.82) is 0 Å². The first kappa shape index (κ1) is 132. The second kappa shape index (κ2) is 63.2. The van der Waals surface area contributed by atoms with Gasteiger partial charge in [-0.15, -0.1) is 48.2 Å². The first-order chi connectivity index (χ1) is 33.8. The maximum atomic E-state index is 12.3. The molecule has 0 N–H and O–H groups in total. The van der Waals surface area contributed by atoms with Gasteiger partial charge in [0.2, 0.25) is 9.84 Å². The van der Waals surface area contributed by atoms with Crippen molar-refractivity contribution in [1.82, 2.24) is 0 Å². The van der Waals surface area contributed by atoms with Crippen LogP contribution in [0.2, 0.25) is 0 Å². The SMILES string of the molecule is CC(C)(C)C.CC(C)(C)C.CC(C)(C)C.CC(C)(C)C.CC(C)(C)C.CC(C)(C)C.O=S1(=O)c2ccccc2-c2ccccc21.O=S1(=O)c2ccccc2[CH-]c2ccccc21.[Y].[Y].[Y].[Y].[Y].[Y].[Y].[Y].[Y].[Y].[Y].[Y].[Y].[Y].c1ccc2c(c1)[CH-]c1ccccc1O2. The van der Waals surface area contributed by atoms with Crippen LogP contribution in [0.15, 0.2) is 165 Å². The molecular formula is C68H98O5S2Y14-2. The standard InChI is InChI=1S/C13H9O2S.C13H9O.C12H8O2S.6C5H12.14Y/c14-16(15)12-7-3-1-5-10(12)9-11-6-2-4-8-13(11)16;1-3-7-12-10(5-1)9-11-6-2-4-8-13(11)14-12;13-15(14)11-7-3-1-5-9(11)10-6-2-4-8-12(10)15;6*1-5(2,3)4;;;;;;;;;;;;;;/h1-9H;1-9H;1-8H;6*1-4H3;;;;;;;;;;;;;;/q2*-1;;;;;;;;;;;;;;;;;;;;;. The number of hydrogen-bond donors (Lipinski definition) is 0. The summed E-state index contributed by atoms with van der Waals surface area (Å²) in [6.45, 7) is 52.5. The van der Waals surface area contributed by atoms with E-state index in [1.165, 1.54) is 0 Å². The molecule has 0 spiro atoms. The topological polar surface area (TPSA) is 77.5 Å². The summed E-state index contributed by atoms with van der Waals surface area (Å²) in [5.74, 6) is 1.87. The predicted octanol–water partition coefficient (Wildman–Crippen LogP) is 20.6. The van der Waals surface area contributed by atoms with Crippen molar-refractivity contribution in [3.8, 4) is 22.6 Å². The number of sulfone groups is 2. The van der Waals surface area contributed by atoms with Gasteiger partial charge in [-0.1, -0.05) is 286 Å². The van der Waals surface area contributed by atoms with E-state index < -0.39 is 19.7 Å². The molecule has 0 aromatic heterocycles. The van der Waals surface area contributed by atoms with E-state index in [1.807, 2.05) is 91.3 Å². The molecule has 0 unspecified atom stereocenters. The number of benzene rings is 6. The van der Waals surface area contributed by atoms with Crippen molar-refractivity contribution < 1.29 is 480 Å². The summed E-state index contributed by atoms with van der Waals surface area (Å²) in [7, 11) is -6.60. The maximum absolute atomic E-state index is 12.3. The minimum Gasteiger partial charge on any atom is -0.527 e. The summed E-state index contributed by atoms with van der Waals surface area (Å²) in [4.78, 5) is 1.64. The fourth-order valence-corrected chi connectivity index (χ4v) is 8.93.